The van der Waals surface area contributed by atoms with Gasteiger partial charge in [0.25, 0.3) is 5.91 Å². The Balaban J connectivity index is 1.39. The van der Waals surface area contributed by atoms with Crippen LogP contribution in [0.15, 0.2) is 30.3 Å². The second kappa shape index (κ2) is 13.3. The molecule has 0 radical (unpaired) electrons. The Bertz CT molecular complexity index is 1250. The Morgan fingerprint density at radius 1 is 0.976 bits per heavy atom. The number of anilines is 2. The first-order valence-corrected chi connectivity index (χ1v) is 13.9. The fraction of sp³-hybridized carbons (Fsp3) is 0.500. The third kappa shape index (κ3) is 8.30. The van der Waals surface area contributed by atoms with Crippen LogP contribution in [0, 0.1) is 17.6 Å². The molecule has 1 saturated heterocycles. The van der Waals surface area contributed by atoms with Crippen molar-refractivity contribution in [2.24, 2.45) is 11.7 Å². The van der Waals surface area contributed by atoms with Gasteiger partial charge in [0.1, 0.15) is 0 Å². The van der Waals surface area contributed by atoms with Gasteiger partial charge in [0, 0.05) is 61.8 Å². The van der Waals surface area contributed by atoms with E-state index >= 15 is 0 Å². The zero-order chi connectivity index (χ0) is 29.7. The SMILES string of the molecule is NC1CCC(C(=O)NCc2ccc(C(=O)Nc3ccc(Cl)cc3N3CCN(CCC(F)(F)F)CC3)c(F)c2F)CC1. The van der Waals surface area contributed by atoms with E-state index in [9.17, 15) is 31.5 Å². The van der Waals surface area contributed by atoms with Crippen LogP contribution in [0.1, 0.15) is 48.0 Å². The molecule has 7 nitrogen and oxygen atoms in total. The molecule has 0 spiro atoms. The monoisotopic (exact) mass is 601 g/mol. The molecule has 4 rings (SSSR count). The van der Waals surface area contributed by atoms with Crippen molar-refractivity contribution in [3.63, 3.8) is 0 Å². The molecule has 2 amide bonds. The average Bonchev–Trinajstić information content (AvgIpc) is 2.93. The van der Waals surface area contributed by atoms with E-state index in [1.165, 1.54) is 18.2 Å². The summed E-state index contributed by atoms with van der Waals surface area (Å²) in [5, 5.41) is 5.62. The average molecular weight is 602 g/mol. The quantitative estimate of drug-likeness (QED) is 0.367. The molecule has 1 saturated carbocycles. The lowest BCUT2D eigenvalue weighted by molar-refractivity contribution is -0.138. The number of hydrogen-bond acceptors (Lipinski definition) is 5. The van der Waals surface area contributed by atoms with E-state index in [1.54, 1.807) is 11.0 Å². The maximum atomic E-state index is 15.0. The van der Waals surface area contributed by atoms with Gasteiger partial charge >= 0.3 is 6.18 Å². The lowest BCUT2D eigenvalue weighted by atomic mass is 9.86. The fourth-order valence-electron chi connectivity index (χ4n) is 5.17. The molecule has 0 aromatic heterocycles. The molecule has 13 heteroatoms. The number of benzene rings is 2. The zero-order valence-electron chi connectivity index (χ0n) is 22.4. The molecule has 1 aliphatic carbocycles. The molecular weight excluding hydrogens is 569 g/mol. The number of piperazine rings is 1. The van der Waals surface area contributed by atoms with Crippen LogP contribution < -0.4 is 21.3 Å². The van der Waals surface area contributed by atoms with Crippen molar-refractivity contribution in [1.29, 1.82) is 0 Å². The molecule has 0 bridgehead atoms. The highest BCUT2D eigenvalue weighted by atomic mass is 35.5. The minimum atomic E-state index is -4.23. The van der Waals surface area contributed by atoms with E-state index in [-0.39, 0.29) is 36.5 Å². The van der Waals surface area contributed by atoms with Crippen molar-refractivity contribution < 1.29 is 31.5 Å². The third-order valence-electron chi connectivity index (χ3n) is 7.64. The Hall–Kier alpha value is -2.96. The van der Waals surface area contributed by atoms with E-state index in [0.29, 0.717) is 55.4 Å². The number of rotatable bonds is 8. The van der Waals surface area contributed by atoms with Crippen LogP contribution in [0.4, 0.5) is 33.3 Å². The van der Waals surface area contributed by atoms with Gasteiger partial charge in [-0.05, 0) is 49.9 Å². The van der Waals surface area contributed by atoms with Crippen molar-refractivity contribution in [1.82, 2.24) is 10.2 Å². The van der Waals surface area contributed by atoms with Crippen LogP contribution in [-0.4, -0.2) is 61.7 Å². The second-order valence-electron chi connectivity index (χ2n) is 10.5. The van der Waals surface area contributed by atoms with E-state index in [1.807, 2.05) is 4.90 Å². The number of nitrogens with zero attached hydrogens (tertiary/aromatic N) is 2. The molecule has 2 fully saturated rings. The largest absolute Gasteiger partial charge is 0.390 e. The number of carbonyl (C=O) groups is 2. The summed E-state index contributed by atoms with van der Waals surface area (Å²) in [6, 6.07) is 7.16. The smallest absolute Gasteiger partial charge is 0.367 e. The highest BCUT2D eigenvalue weighted by Gasteiger charge is 2.30. The van der Waals surface area contributed by atoms with Gasteiger partial charge in [-0.25, -0.2) is 8.78 Å². The Labute approximate surface area is 240 Å². The lowest BCUT2D eigenvalue weighted by Crippen LogP contribution is -2.47. The van der Waals surface area contributed by atoms with Crippen LogP contribution in [0.25, 0.3) is 0 Å². The van der Waals surface area contributed by atoms with Crippen molar-refractivity contribution in [3.05, 3.63) is 58.1 Å². The summed E-state index contributed by atoms with van der Waals surface area (Å²) < 4.78 is 67.6. The van der Waals surface area contributed by atoms with Crippen molar-refractivity contribution in [2.75, 3.05) is 42.9 Å². The molecule has 224 valence electrons. The van der Waals surface area contributed by atoms with Crippen molar-refractivity contribution >= 4 is 34.8 Å². The van der Waals surface area contributed by atoms with Crippen LogP contribution in [-0.2, 0) is 11.3 Å². The minimum Gasteiger partial charge on any atom is -0.367 e. The number of alkyl halides is 3. The summed E-state index contributed by atoms with van der Waals surface area (Å²) >= 11 is 6.17. The van der Waals surface area contributed by atoms with E-state index in [0.717, 1.165) is 18.9 Å². The number of halogens is 6. The maximum absolute atomic E-state index is 15.0. The first-order valence-electron chi connectivity index (χ1n) is 13.6. The standard InChI is InChI=1S/C28H33ClF5N5O2/c29-19-4-8-22(23(15-19)39-13-11-38(12-14-39)10-9-28(32,33)34)37-27(41)21-7-3-18(24(30)25(21)31)16-36-26(40)17-1-5-20(35)6-2-17/h3-4,7-8,15,17,20H,1-2,5-6,9-14,16,35H2,(H,36,40)(H,37,41). The molecular formula is C28H33ClF5N5O2. The summed E-state index contributed by atoms with van der Waals surface area (Å²) in [4.78, 5) is 29.0. The number of amides is 2. The van der Waals surface area contributed by atoms with Crippen molar-refractivity contribution in [2.45, 2.75) is 50.9 Å². The predicted octanol–water partition coefficient (Wildman–Crippen LogP) is 5.08. The van der Waals surface area contributed by atoms with Crippen LogP contribution >= 0.6 is 11.6 Å². The molecule has 41 heavy (non-hydrogen) atoms. The van der Waals surface area contributed by atoms with E-state index in [4.69, 9.17) is 17.3 Å². The molecule has 2 aliphatic rings. The van der Waals surface area contributed by atoms with Gasteiger partial charge < -0.3 is 21.3 Å². The van der Waals surface area contributed by atoms with Gasteiger partial charge in [-0.2, -0.15) is 13.2 Å². The summed E-state index contributed by atoms with van der Waals surface area (Å²) in [6.07, 6.45) is -2.37. The molecule has 0 atom stereocenters. The van der Waals surface area contributed by atoms with E-state index < -0.39 is 35.7 Å². The van der Waals surface area contributed by atoms with Gasteiger partial charge in [0.2, 0.25) is 5.91 Å². The number of nitrogens with one attached hydrogen (secondary N) is 2. The van der Waals surface area contributed by atoms with Crippen LogP contribution in [0.3, 0.4) is 0 Å². The Morgan fingerprint density at radius 2 is 1.66 bits per heavy atom. The van der Waals surface area contributed by atoms with Gasteiger partial charge in [-0.1, -0.05) is 17.7 Å². The Morgan fingerprint density at radius 3 is 2.32 bits per heavy atom. The molecule has 2 aromatic carbocycles. The van der Waals surface area contributed by atoms with Gasteiger partial charge in [0.15, 0.2) is 11.6 Å². The number of carbonyl (C=O) groups excluding carboxylic acids is 2. The predicted molar refractivity (Wildman–Crippen MR) is 147 cm³/mol. The van der Waals surface area contributed by atoms with Gasteiger partial charge in [-0.15, -0.1) is 0 Å². The normalized spacial score (nSPS) is 20.1. The Kier molecular flexibility index (Phi) is 10.1. The highest BCUT2D eigenvalue weighted by molar-refractivity contribution is 6.31. The molecule has 0 unspecified atom stereocenters. The number of nitrogens with two attached hydrogens (primary N) is 1. The second-order valence-corrected chi connectivity index (χ2v) is 11.0. The zero-order valence-corrected chi connectivity index (χ0v) is 23.1. The van der Waals surface area contributed by atoms with Crippen molar-refractivity contribution in [3.8, 4) is 0 Å². The van der Waals surface area contributed by atoms with E-state index in [2.05, 4.69) is 10.6 Å². The molecule has 2 aromatic rings. The van der Waals surface area contributed by atoms with Gasteiger partial charge in [0.05, 0.1) is 23.4 Å². The molecule has 1 heterocycles. The lowest BCUT2D eigenvalue weighted by Gasteiger charge is -2.37. The summed E-state index contributed by atoms with van der Waals surface area (Å²) in [7, 11) is 0. The fourth-order valence-corrected chi connectivity index (χ4v) is 5.33. The molecule has 4 N–H and O–H groups in total. The third-order valence-corrected chi connectivity index (χ3v) is 7.87. The summed E-state index contributed by atoms with van der Waals surface area (Å²) in [5.41, 5.74) is 6.08. The van der Waals surface area contributed by atoms with Crippen LogP contribution in [0.5, 0.6) is 0 Å². The topological polar surface area (TPSA) is 90.7 Å². The first-order chi connectivity index (χ1) is 19.4. The minimum absolute atomic E-state index is 0.0788. The summed E-state index contributed by atoms with van der Waals surface area (Å²) in [6.45, 7) is 1.21. The number of hydrogen-bond donors (Lipinski definition) is 3. The van der Waals surface area contributed by atoms with Crippen LogP contribution in [0.2, 0.25) is 5.02 Å². The maximum Gasteiger partial charge on any atom is 0.390 e. The van der Waals surface area contributed by atoms with Gasteiger partial charge in [-0.3, -0.25) is 14.5 Å². The first kappa shape index (κ1) is 31.0. The molecule has 1 aliphatic heterocycles. The highest BCUT2D eigenvalue weighted by Crippen LogP contribution is 2.32. The summed E-state index contributed by atoms with van der Waals surface area (Å²) in [5.74, 6) is -3.91.